The fraction of sp³-hybridized carbons (Fsp3) is 0.133. The van der Waals surface area contributed by atoms with Crippen LogP contribution >= 0.6 is 11.6 Å². The van der Waals surface area contributed by atoms with E-state index < -0.39 is 0 Å². The van der Waals surface area contributed by atoms with Crippen molar-refractivity contribution in [2.24, 2.45) is 0 Å². The minimum Gasteiger partial charge on any atom is -0.495 e. The van der Waals surface area contributed by atoms with Gasteiger partial charge in [-0.15, -0.1) is 10.2 Å². The maximum Gasteiger partial charge on any atom is 0.267 e. The Morgan fingerprint density at radius 2 is 2.21 bits per heavy atom. The van der Waals surface area contributed by atoms with E-state index in [1.165, 1.54) is 25.7 Å². The van der Waals surface area contributed by atoms with Crippen LogP contribution < -0.4 is 10.1 Å². The molecule has 0 unspecified atom stereocenters. The highest BCUT2D eigenvalue weighted by molar-refractivity contribution is 6.31. The van der Waals surface area contributed by atoms with E-state index in [1.807, 2.05) is 0 Å². The van der Waals surface area contributed by atoms with Gasteiger partial charge in [0.1, 0.15) is 17.9 Å². The van der Waals surface area contributed by atoms with Gasteiger partial charge in [-0.1, -0.05) is 11.6 Å². The highest BCUT2D eigenvalue weighted by Gasteiger charge is 2.15. The Morgan fingerprint density at radius 3 is 2.96 bits per heavy atom. The summed E-state index contributed by atoms with van der Waals surface area (Å²) < 4.78 is 10.6. The molecular weight excluding hydrogens is 334 g/mol. The molecule has 0 spiro atoms. The predicted octanol–water partition coefficient (Wildman–Crippen LogP) is 2.37. The summed E-state index contributed by atoms with van der Waals surface area (Å²) in [6, 6.07) is 4.93. The van der Waals surface area contributed by atoms with E-state index in [4.69, 9.17) is 20.8 Å². The number of anilines is 1. The van der Waals surface area contributed by atoms with E-state index in [2.05, 4.69) is 25.5 Å². The molecule has 1 N–H and O–H groups in total. The Balaban J connectivity index is 1.70. The molecule has 2 heterocycles. The molecule has 0 aliphatic carbocycles. The van der Waals surface area contributed by atoms with E-state index in [0.29, 0.717) is 22.2 Å². The first kappa shape index (κ1) is 15.9. The molecule has 1 amide bonds. The number of hydrogen-bond acceptors (Lipinski definition) is 7. The highest BCUT2D eigenvalue weighted by Crippen LogP contribution is 2.27. The molecule has 0 radical (unpaired) electrons. The molecule has 0 saturated carbocycles. The normalized spacial score (nSPS) is 10.4. The molecule has 0 atom stereocenters. The lowest BCUT2D eigenvalue weighted by atomic mass is 10.2. The smallest absolute Gasteiger partial charge is 0.267 e. The molecule has 1 aromatic carbocycles. The number of hydrogen-bond donors (Lipinski definition) is 1. The number of methoxy groups -OCH3 is 1. The second-order valence-electron chi connectivity index (χ2n) is 4.66. The highest BCUT2D eigenvalue weighted by atomic mass is 35.5. The van der Waals surface area contributed by atoms with Gasteiger partial charge in [0, 0.05) is 17.4 Å². The zero-order chi connectivity index (χ0) is 16.9. The van der Waals surface area contributed by atoms with Gasteiger partial charge < -0.3 is 14.5 Å². The van der Waals surface area contributed by atoms with Crippen LogP contribution in [0.5, 0.6) is 5.75 Å². The molecular formula is C15H12ClN5O3. The molecule has 122 valence electrons. The van der Waals surface area contributed by atoms with Crippen molar-refractivity contribution in [3.63, 3.8) is 0 Å². The first-order valence-corrected chi connectivity index (χ1v) is 7.25. The maximum absolute atomic E-state index is 12.1. The van der Waals surface area contributed by atoms with Crippen LogP contribution in [0.25, 0.3) is 11.6 Å². The van der Waals surface area contributed by atoms with E-state index in [1.54, 1.807) is 18.2 Å². The fourth-order valence-corrected chi connectivity index (χ4v) is 2.12. The SMILES string of the molecule is COc1ccc(Cl)cc1NC(=O)Cc1nnc(-c2cnccn2)o1. The summed E-state index contributed by atoms with van der Waals surface area (Å²) in [7, 11) is 1.50. The first-order chi connectivity index (χ1) is 11.7. The van der Waals surface area contributed by atoms with Gasteiger partial charge in [0.25, 0.3) is 5.89 Å². The standard InChI is InChI=1S/C15H12ClN5O3/c1-23-12-3-2-9(16)6-10(12)19-13(22)7-14-20-21-15(24-14)11-8-17-4-5-18-11/h2-6,8H,7H2,1H3,(H,19,22). The van der Waals surface area contributed by atoms with Crippen molar-refractivity contribution < 1.29 is 13.9 Å². The van der Waals surface area contributed by atoms with Crippen molar-refractivity contribution in [1.29, 1.82) is 0 Å². The second-order valence-corrected chi connectivity index (χ2v) is 5.10. The molecule has 3 rings (SSSR count). The van der Waals surface area contributed by atoms with Gasteiger partial charge in [0.05, 0.1) is 19.0 Å². The number of amides is 1. The molecule has 0 bridgehead atoms. The average molecular weight is 346 g/mol. The van der Waals surface area contributed by atoms with Gasteiger partial charge in [-0.05, 0) is 18.2 Å². The van der Waals surface area contributed by atoms with Crippen LogP contribution in [0.2, 0.25) is 5.02 Å². The van der Waals surface area contributed by atoms with Crippen molar-refractivity contribution in [2.75, 3.05) is 12.4 Å². The molecule has 8 nitrogen and oxygen atoms in total. The zero-order valence-corrected chi connectivity index (χ0v) is 13.3. The number of aromatic nitrogens is 4. The Kier molecular flexibility index (Phi) is 4.66. The van der Waals surface area contributed by atoms with Crippen molar-refractivity contribution in [3.05, 3.63) is 47.7 Å². The lowest BCUT2D eigenvalue weighted by Crippen LogP contribution is -2.15. The van der Waals surface area contributed by atoms with E-state index in [9.17, 15) is 4.79 Å². The first-order valence-electron chi connectivity index (χ1n) is 6.88. The molecule has 0 aliphatic heterocycles. The van der Waals surface area contributed by atoms with Gasteiger partial charge in [-0.2, -0.15) is 0 Å². The molecule has 9 heteroatoms. The minimum absolute atomic E-state index is 0.0943. The molecule has 0 aliphatic rings. The Bertz CT molecular complexity index is 853. The third-order valence-corrected chi connectivity index (χ3v) is 3.23. The van der Waals surface area contributed by atoms with Crippen LogP contribution in [0.1, 0.15) is 5.89 Å². The molecule has 0 saturated heterocycles. The van der Waals surface area contributed by atoms with Gasteiger partial charge >= 0.3 is 0 Å². The third kappa shape index (κ3) is 3.66. The third-order valence-electron chi connectivity index (χ3n) is 3.00. The largest absolute Gasteiger partial charge is 0.495 e. The number of rotatable bonds is 5. The summed E-state index contributed by atoms with van der Waals surface area (Å²) in [5.41, 5.74) is 0.900. The number of carbonyl (C=O) groups is 1. The van der Waals surface area contributed by atoms with Gasteiger partial charge in [0.2, 0.25) is 11.8 Å². The maximum atomic E-state index is 12.1. The topological polar surface area (TPSA) is 103 Å². The lowest BCUT2D eigenvalue weighted by Gasteiger charge is -2.09. The number of benzene rings is 1. The molecule has 24 heavy (non-hydrogen) atoms. The number of halogens is 1. The summed E-state index contributed by atoms with van der Waals surface area (Å²) in [5, 5.41) is 10.9. The van der Waals surface area contributed by atoms with Crippen molar-refractivity contribution in [2.45, 2.75) is 6.42 Å². The van der Waals surface area contributed by atoms with Gasteiger partial charge in [0.15, 0.2) is 0 Å². The van der Waals surface area contributed by atoms with Crippen LogP contribution in [-0.2, 0) is 11.2 Å². The fourth-order valence-electron chi connectivity index (χ4n) is 1.95. The minimum atomic E-state index is -0.343. The number of nitrogens with zero attached hydrogens (tertiary/aromatic N) is 4. The van der Waals surface area contributed by atoms with Crippen molar-refractivity contribution in [3.8, 4) is 17.3 Å². The van der Waals surface area contributed by atoms with E-state index in [0.717, 1.165) is 0 Å². The van der Waals surface area contributed by atoms with Crippen LogP contribution in [0, 0.1) is 0 Å². The second kappa shape index (κ2) is 7.05. The Hall–Kier alpha value is -3.00. The number of ether oxygens (including phenoxy) is 1. The van der Waals surface area contributed by atoms with Crippen molar-refractivity contribution in [1.82, 2.24) is 20.2 Å². The summed E-state index contributed by atoms with van der Waals surface area (Å²) in [5.74, 6) is 0.517. The van der Waals surface area contributed by atoms with E-state index in [-0.39, 0.29) is 24.1 Å². The summed E-state index contributed by atoms with van der Waals surface area (Å²) in [4.78, 5) is 20.1. The van der Waals surface area contributed by atoms with E-state index >= 15 is 0 Å². The van der Waals surface area contributed by atoms with Crippen LogP contribution in [0.15, 0.2) is 41.2 Å². The summed E-state index contributed by atoms with van der Waals surface area (Å²) in [6.07, 6.45) is 4.45. The summed E-state index contributed by atoms with van der Waals surface area (Å²) >= 11 is 5.93. The Labute approximate surface area is 141 Å². The number of nitrogens with one attached hydrogen (secondary N) is 1. The Morgan fingerprint density at radius 1 is 1.33 bits per heavy atom. The van der Waals surface area contributed by atoms with Crippen LogP contribution in [0.3, 0.4) is 0 Å². The predicted molar refractivity (Wildman–Crippen MR) is 85.7 cm³/mol. The molecule has 2 aromatic heterocycles. The van der Waals surface area contributed by atoms with Gasteiger partial charge in [-0.25, -0.2) is 4.98 Å². The molecule has 0 fully saturated rings. The zero-order valence-electron chi connectivity index (χ0n) is 12.6. The quantitative estimate of drug-likeness (QED) is 0.757. The van der Waals surface area contributed by atoms with Crippen molar-refractivity contribution >= 4 is 23.2 Å². The number of carbonyl (C=O) groups excluding carboxylic acids is 1. The average Bonchev–Trinajstić information content (AvgIpc) is 3.04. The van der Waals surface area contributed by atoms with Gasteiger partial charge in [-0.3, -0.25) is 9.78 Å². The summed E-state index contributed by atoms with van der Waals surface area (Å²) in [6.45, 7) is 0. The van der Waals surface area contributed by atoms with Crippen LogP contribution in [-0.4, -0.2) is 33.2 Å². The molecule has 3 aromatic rings. The monoisotopic (exact) mass is 345 g/mol. The lowest BCUT2D eigenvalue weighted by molar-refractivity contribution is -0.115. The van der Waals surface area contributed by atoms with Crippen LogP contribution in [0.4, 0.5) is 5.69 Å².